The number of H-pyrrole nitrogens is 1. The molecule has 5 nitrogen and oxygen atoms in total. The van der Waals surface area contributed by atoms with Crippen molar-refractivity contribution in [2.75, 3.05) is 5.73 Å². The lowest BCUT2D eigenvalue weighted by molar-refractivity contribution is 0.816. The van der Waals surface area contributed by atoms with Gasteiger partial charge in [0.2, 0.25) is 5.13 Å². The first-order valence-corrected chi connectivity index (χ1v) is 5.72. The molecule has 0 spiro atoms. The van der Waals surface area contributed by atoms with Crippen molar-refractivity contribution in [3.05, 3.63) is 28.2 Å². The van der Waals surface area contributed by atoms with Crippen LogP contribution in [0.25, 0.3) is 10.6 Å². The third-order valence-electron chi connectivity index (χ3n) is 2.23. The number of anilines is 1. The maximum absolute atomic E-state index is 11.8. The van der Waals surface area contributed by atoms with Crippen LogP contribution in [0.4, 0.5) is 5.13 Å². The van der Waals surface area contributed by atoms with Crippen molar-refractivity contribution in [3.63, 3.8) is 0 Å². The standard InChI is InChI=1S/C10H12N4OS/c1-5(2)7-4-3-6(8(15)12-7)9-13-14-10(11)16-9/h3-5H,1-2H3,(H2,11,14)(H,12,15). The highest BCUT2D eigenvalue weighted by Gasteiger charge is 2.10. The highest BCUT2D eigenvalue weighted by atomic mass is 32.1. The molecule has 0 saturated heterocycles. The van der Waals surface area contributed by atoms with Gasteiger partial charge in [-0.15, -0.1) is 10.2 Å². The largest absolute Gasteiger partial charge is 0.374 e. The average molecular weight is 236 g/mol. The highest BCUT2D eigenvalue weighted by Crippen LogP contribution is 2.22. The third-order valence-corrected chi connectivity index (χ3v) is 3.01. The van der Waals surface area contributed by atoms with E-state index in [1.165, 1.54) is 11.3 Å². The Bertz CT molecular complexity index is 558. The van der Waals surface area contributed by atoms with Crippen LogP contribution in [0.2, 0.25) is 0 Å². The third kappa shape index (κ3) is 1.96. The molecule has 6 heteroatoms. The van der Waals surface area contributed by atoms with Crippen LogP contribution in [-0.2, 0) is 0 Å². The van der Waals surface area contributed by atoms with Gasteiger partial charge in [-0.1, -0.05) is 25.2 Å². The second-order valence-electron chi connectivity index (χ2n) is 3.76. The molecular weight excluding hydrogens is 224 g/mol. The van der Waals surface area contributed by atoms with E-state index in [4.69, 9.17) is 5.73 Å². The first kappa shape index (κ1) is 10.8. The molecule has 16 heavy (non-hydrogen) atoms. The van der Waals surface area contributed by atoms with Gasteiger partial charge in [0.25, 0.3) is 5.56 Å². The number of pyridine rings is 1. The maximum Gasteiger partial charge on any atom is 0.258 e. The monoisotopic (exact) mass is 236 g/mol. The van der Waals surface area contributed by atoms with Crippen LogP contribution in [0, 0.1) is 0 Å². The van der Waals surface area contributed by atoms with E-state index in [0.29, 0.717) is 21.6 Å². The van der Waals surface area contributed by atoms with E-state index in [0.717, 1.165) is 5.69 Å². The topological polar surface area (TPSA) is 84.7 Å². The summed E-state index contributed by atoms with van der Waals surface area (Å²) in [6.07, 6.45) is 0. The number of rotatable bonds is 2. The van der Waals surface area contributed by atoms with Crippen molar-refractivity contribution in [1.29, 1.82) is 0 Å². The van der Waals surface area contributed by atoms with Crippen LogP contribution >= 0.6 is 11.3 Å². The minimum Gasteiger partial charge on any atom is -0.374 e. The molecule has 0 amide bonds. The van der Waals surface area contributed by atoms with E-state index in [1.54, 1.807) is 6.07 Å². The molecule has 0 bridgehead atoms. The fourth-order valence-electron chi connectivity index (χ4n) is 1.34. The van der Waals surface area contributed by atoms with Gasteiger partial charge in [0.15, 0.2) is 5.01 Å². The number of hydrogen-bond acceptors (Lipinski definition) is 5. The van der Waals surface area contributed by atoms with Crippen molar-refractivity contribution in [2.45, 2.75) is 19.8 Å². The number of hydrogen-bond donors (Lipinski definition) is 2. The Kier molecular flexibility index (Phi) is 2.74. The van der Waals surface area contributed by atoms with Crippen LogP contribution in [0.1, 0.15) is 25.5 Å². The first-order chi connectivity index (χ1) is 7.58. The van der Waals surface area contributed by atoms with Gasteiger partial charge < -0.3 is 10.7 Å². The fourth-order valence-corrected chi connectivity index (χ4v) is 1.97. The summed E-state index contributed by atoms with van der Waals surface area (Å²) >= 11 is 1.20. The number of nitrogens with one attached hydrogen (secondary N) is 1. The van der Waals surface area contributed by atoms with Crippen molar-refractivity contribution in [1.82, 2.24) is 15.2 Å². The Hall–Kier alpha value is -1.69. The molecule has 2 aromatic rings. The second kappa shape index (κ2) is 4.05. The molecule has 0 saturated carbocycles. The lowest BCUT2D eigenvalue weighted by Gasteiger charge is -2.04. The predicted octanol–water partition coefficient (Wildman–Crippen LogP) is 1.60. The molecule has 0 atom stereocenters. The summed E-state index contributed by atoms with van der Waals surface area (Å²) in [6.45, 7) is 4.04. The number of aromatic nitrogens is 3. The minimum atomic E-state index is -0.151. The summed E-state index contributed by atoms with van der Waals surface area (Å²) in [5.74, 6) is 0.293. The Morgan fingerprint density at radius 3 is 2.62 bits per heavy atom. The summed E-state index contributed by atoms with van der Waals surface area (Å²) in [7, 11) is 0. The van der Waals surface area contributed by atoms with Gasteiger partial charge in [0.05, 0.1) is 5.56 Å². The molecule has 0 aliphatic heterocycles. The van der Waals surface area contributed by atoms with Crippen molar-refractivity contribution < 1.29 is 0 Å². The van der Waals surface area contributed by atoms with Crippen LogP contribution in [0.15, 0.2) is 16.9 Å². The lowest BCUT2D eigenvalue weighted by atomic mass is 10.1. The molecule has 2 aromatic heterocycles. The van der Waals surface area contributed by atoms with Gasteiger partial charge in [-0.3, -0.25) is 4.79 Å². The fraction of sp³-hybridized carbons (Fsp3) is 0.300. The molecule has 84 valence electrons. The maximum atomic E-state index is 11.8. The smallest absolute Gasteiger partial charge is 0.258 e. The van der Waals surface area contributed by atoms with E-state index in [-0.39, 0.29) is 5.56 Å². The number of nitrogens with two attached hydrogens (primary N) is 1. The molecule has 0 aliphatic carbocycles. The predicted molar refractivity (Wildman–Crippen MR) is 64.5 cm³/mol. The summed E-state index contributed by atoms with van der Waals surface area (Å²) in [5, 5.41) is 8.44. The number of aromatic amines is 1. The van der Waals surface area contributed by atoms with Crippen LogP contribution < -0.4 is 11.3 Å². The summed E-state index contributed by atoms with van der Waals surface area (Å²) in [5.41, 5.74) is 6.75. The molecule has 0 aromatic carbocycles. The zero-order chi connectivity index (χ0) is 11.7. The van der Waals surface area contributed by atoms with E-state index < -0.39 is 0 Å². The molecular formula is C10H12N4OS. The van der Waals surface area contributed by atoms with Gasteiger partial charge in [-0.25, -0.2) is 0 Å². The van der Waals surface area contributed by atoms with Gasteiger partial charge >= 0.3 is 0 Å². The zero-order valence-corrected chi connectivity index (χ0v) is 9.84. The van der Waals surface area contributed by atoms with E-state index in [1.807, 2.05) is 19.9 Å². The average Bonchev–Trinajstić information content (AvgIpc) is 2.64. The van der Waals surface area contributed by atoms with Crippen LogP contribution in [0.3, 0.4) is 0 Å². The Morgan fingerprint density at radius 1 is 1.38 bits per heavy atom. The molecule has 3 N–H and O–H groups in total. The van der Waals surface area contributed by atoms with Crippen LogP contribution in [0.5, 0.6) is 0 Å². The molecule has 2 heterocycles. The second-order valence-corrected chi connectivity index (χ2v) is 4.77. The van der Waals surface area contributed by atoms with Crippen molar-refractivity contribution >= 4 is 16.5 Å². The molecule has 0 aliphatic rings. The SMILES string of the molecule is CC(C)c1ccc(-c2nnc(N)s2)c(=O)[nH]1. The summed E-state index contributed by atoms with van der Waals surface area (Å²) in [4.78, 5) is 14.6. The minimum absolute atomic E-state index is 0.151. The Labute approximate surface area is 96.4 Å². The lowest BCUT2D eigenvalue weighted by Crippen LogP contribution is -2.11. The zero-order valence-electron chi connectivity index (χ0n) is 9.02. The molecule has 0 unspecified atom stereocenters. The van der Waals surface area contributed by atoms with E-state index in [2.05, 4.69) is 15.2 Å². The molecule has 0 fully saturated rings. The quantitative estimate of drug-likeness (QED) is 0.829. The number of nitrogens with zero attached hydrogens (tertiary/aromatic N) is 2. The summed E-state index contributed by atoms with van der Waals surface area (Å²) in [6, 6.07) is 3.65. The van der Waals surface area contributed by atoms with Crippen molar-refractivity contribution in [2.24, 2.45) is 0 Å². The highest BCUT2D eigenvalue weighted by molar-refractivity contribution is 7.18. The van der Waals surface area contributed by atoms with E-state index >= 15 is 0 Å². The van der Waals surface area contributed by atoms with Crippen molar-refractivity contribution in [3.8, 4) is 10.6 Å². The summed E-state index contributed by atoms with van der Waals surface area (Å²) < 4.78 is 0. The Balaban J connectivity index is 2.48. The number of nitrogen functional groups attached to an aromatic ring is 1. The first-order valence-electron chi connectivity index (χ1n) is 4.90. The van der Waals surface area contributed by atoms with Gasteiger partial charge in [0.1, 0.15) is 0 Å². The normalized spacial score (nSPS) is 10.9. The Morgan fingerprint density at radius 2 is 2.12 bits per heavy atom. The van der Waals surface area contributed by atoms with E-state index in [9.17, 15) is 4.79 Å². The van der Waals surface area contributed by atoms with Gasteiger partial charge in [-0.05, 0) is 18.1 Å². The van der Waals surface area contributed by atoms with Crippen LogP contribution in [-0.4, -0.2) is 15.2 Å². The van der Waals surface area contributed by atoms with Gasteiger partial charge in [-0.2, -0.15) is 0 Å². The molecule has 2 rings (SSSR count). The van der Waals surface area contributed by atoms with Gasteiger partial charge in [0, 0.05) is 5.69 Å². The molecule has 0 radical (unpaired) electrons.